The summed E-state index contributed by atoms with van der Waals surface area (Å²) in [5.74, 6) is 0.154. The van der Waals surface area contributed by atoms with E-state index < -0.39 is 0 Å². The molecule has 4 nitrogen and oxygen atoms in total. The third-order valence-electron chi connectivity index (χ3n) is 6.11. The zero-order valence-corrected chi connectivity index (χ0v) is 20.7. The molecule has 2 aromatic carbocycles. The van der Waals surface area contributed by atoms with Crippen LogP contribution in [-0.4, -0.2) is 42.0 Å². The summed E-state index contributed by atoms with van der Waals surface area (Å²) >= 11 is 6.50. The van der Waals surface area contributed by atoms with E-state index in [1.807, 2.05) is 29.3 Å². The molecule has 0 N–H and O–H groups in total. The van der Waals surface area contributed by atoms with Gasteiger partial charge in [-0.1, -0.05) is 47.5 Å². The molecular weight excluding hydrogens is 442 g/mol. The number of piperazine rings is 1. The molecule has 2 heterocycles. The molecule has 0 aliphatic carbocycles. The van der Waals surface area contributed by atoms with E-state index in [9.17, 15) is 4.79 Å². The van der Waals surface area contributed by atoms with Crippen molar-refractivity contribution in [1.29, 1.82) is 0 Å². The van der Waals surface area contributed by atoms with Gasteiger partial charge in [-0.2, -0.15) is 0 Å². The lowest BCUT2D eigenvalue weighted by atomic mass is 9.94. The van der Waals surface area contributed by atoms with Gasteiger partial charge >= 0.3 is 0 Å². The minimum Gasteiger partial charge on any atom is -0.368 e. The van der Waals surface area contributed by atoms with Crippen molar-refractivity contribution in [2.24, 2.45) is 0 Å². The van der Waals surface area contributed by atoms with E-state index in [0.29, 0.717) is 5.02 Å². The van der Waals surface area contributed by atoms with Crippen molar-refractivity contribution in [3.8, 4) is 0 Å². The molecule has 174 valence electrons. The molecule has 0 atom stereocenters. The fraction of sp³-hybridized carbons (Fsp3) is 0.241. The number of hydrogen-bond donors (Lipinski definition) is 0. The van der Waals surface area contributed by atoms with Crippen LogP contribution >= 0.6 is 11.6 Å². The number of carbonyl (C=O) groups excluding carboxylic acids is 1. The zero-order valence-electron chi connectivity index (χ0n) is 20.0. The van der Waals surface area contributed by atoms with Gasteiger partial charge in [-0.15, -0.1) is 0 Å². The van der Waals surface area contributed by atoms with Crippen molar-refractivity contribution in [3.63, 3.8) is 0 Å². The van der Waals surface area contributed by atoms with Crippen LogP contribution in [0.5, 0.6) is 0 Å². The van der Waals surface area contributed by atoms with Crippen LogP contribution in [0.3, 0.4) is 0 Å². The van der Waals surface area contributed by atoms with Crippen LogP contribution in [-0.2, 0) is 4.79 Å². The molecule has 1 aliphatic rings. The van der Waals surface area contributed by atoms with Crippen molar-refractivity contribution >= 4 is 40.9 Å². The highest BCUT2D eigenvalue weighted by Crippen LogP contribution is 2.30. The topological polar surface area (TPSA) is 36.4 Å². The molecule has 0 bridgehead atoms. The second-order valence-electron chi connectivity index (χ2n) is 8.81. The Bertz CT molecular complexity index is 1200. The highest BCUT2D eigenvalue weighted by molar-refractivity contribution is 6.31. The Morgan fingerprint density at radius 1 is 0.882 bits per heavy atom. The Kier molecular flexibility index (Phi) is 7.49. The number of nitrogens with zero attached hydrogens (tertiary/aromatic N) is 3. The summed E-state index contributed by atoms with van der Waals surface area (Å²) in [6, 6.07) is 18.7. The number of amides is 1. The van der Waals surface area contributed by atoms with Crippen LogP contribution < -0.4 is 4.90 Å². The SMILES string of the molecule is CC(=O)N1CCN(c2ccc(/C=C/c3cc(Cl)cc(C(=C(C)C)c4cccnc4)c3)cc2)CC1. The average molecular weight is 472 g/mol. The maximum atomic E-state index is 11.5. The van der Waals surface area contributed by atoms with Crippen LogP contribution in [0.4, 0.5) is 5.69 Å². The van der Waals surface area contributed by atoms with E-state index in [1.165, 1.54) is 11.3 Å². The summed E-state index contributed by atoms with van der Waals surface area (Å²) in [4.78, 5) is 20.1. The van der Waals surface area contributed by atoms with Gasteiger partial charge in [0.15, 0.2) is 0 Å². The van der Waals surface area contributed by atoms with Gasteiger partial charge in [0.25, 0.3) is 0 Å². The summed E-state index contributed by atoms with van der Waals surface area (Å²) in [5.41, 5.74) is 7.90. The van der Waals surface area contributed by atoms with Gasteiger partial charge in [-0.3, -0.25) is 9.78 Å². The van der Waals surface area contributed by atoms with Crippen LogP contribution in [0, 0.1) is 0 Å². The summed E-state index contributed by atoms with van der Waals surface area (Å²) in [6.45, 7) is 9.15. The van der Waals surface area contributed by atoms with Crippen molar-refractivity contribution < 1.29 is 4.79 Å². The lowest BCUT2D eigenvalue weighted by molar-refractivity contribution is -0.129. The molecule has 3 aromatic rings. The lowest BCUT2D eigenvalue weighted by Gasteiger charge is -2.35. The molecule has 1 amide bonds. The molecule has 5 heteroatoms. The van der Waals surface area contributed by atoms with Gasteiger partial charge in [0, 0.05) is 61.8 Å². The molecule has 0 radical (unpaired) electrons. The number of allylic oxidation sites excluding steroid dienone is 1. The Balaban J connectivity index is 1.50. The minimum absolute atomic E-state index is 0.154. The highest BCUT2D eigenvalue weighted by Gasteiger charge is 2.18. The van der Waals surface area contributed by atoms with Gasteiger partial charge in [-0.05, 0) is 72.5 Å². The number of benzene rings is 2. The number of pyridine rings is 1. The van der Waals surface area contributed by atoms with E-state index in [-0.39, 0.29) is 5.91 Å². The molecule has 4 rings (SSSR count). The largest absolute Gasteiger partial charge is 0.368 e. The van der Waals surface area contributed by atoms with Crippen molar-refractivity contribution in [2.45, 2.75) is 20.8 Å². The molecule has 1 aromatic heterocycles. The smallest absolute Gasteiger partial charge is 0.219 e. The van der Waals surface area contributed by atoms with E-state index >= 15 is 0 Å². The Morgan fingerprint density at radius 2 is 1.59 bits per heavy atom. The maximum absolute atomic E-state index is 11.5. The van der Waals surface area contributed by atoms with Crippen molar-refractivity contribution in [3.05, 3.63) is 99.8 Å². The first-order valence-corrected chi connectivity index (χ1v) is 12.0. The molecule has 1 saturated heterocycles. The fourth-order valence-electron chi connectivity index (χ4n) is 4.38. The standard InChI is InChI=1S/C29H30ClN3O/c1-21(2)29(25-5-4-12-31-20-25)26-17-24(18-27(30)19-26)7-6-23-8-10-28(11-9-23)33-15-13-32(14-16-33)22(3)34/h4-12,17-20H,13-16H2,1-3H3/b7-6+. The number of halogens is 1. The molecule has 34 heavy (non-hydrogen) atoms. The van der Waals surface area contributed by atoms with E-state index in [1.54, 1.807) is 13.1 Å². The zero-order chi connectivity index (χ0) is 24.1. The normalized spacial score (nSPS) is 13.9. The second-order valence-corrected chi connectivity index (χ2v) is 9.24. The summed E-state index contributed by atoms with van der Waals surface area (Å²) < 4.78 is 0. The Morgan fingerprint density at radius 3 is 2.21 bits per heavy atom. The van der Waals surface area contributed by atoms with Crippen LogP contribution in [0.1, 0.15) is 43.0 Å². The summed E-state index contributed by atoms with van der Waals surface area (Å²) in [5, 5.41) is 0.708. The number of rotatable bonds is 5. The fourth-order valence-corrected chi connectivity index (χ4v) is 4.62. The number of carbonyl (C=O) groups is 1. The molecular formula is C29H30ClN3O. The van der Waals surface area contributed by atoms with Crippen LogP contribution in [0.25, 0.3) is 17.7 Å². The molecule has 0 spiro atoms. The Labute approximate surface area is 207 Å². The van der Waals surface area contributed by atoms with Gasteiger partial charge in [0.1, 0.15) is 0 Å². The van der Waals surface area contributed by atoms with Crippen LogP contribution in [0.2, 0.25) is 5.02 Å². The van der Waals surface area contributed by atoms with Gasteiger partial charge in [0.05, 0.1) is 0 Å². The van der Waals surface area contributed by atoms with Gasteiger partial charge < -0.3 is 9.80 Å². The molecule has 0 unspecified atom stereocenters. The number of anilines is 1. The predicted molar refractivity (Wildman–Crippen MR) is 143 cm³/mol. The second kappa shape index (κ2) is 10.7. The third kappa shape index (κ3) is 5.75. The molecule has 1 fully saturated rings. The Hall–Kier alpha value is -3.37. The third-order valence-corrected chi connectivity index (χ3v) is 6.33. The number of hydrogen-bond acceptors (Lipinski definition) is 3. The highest BCUT2D eigenvalue weighted by atomic mass is 35.5. The van der Waals surface area contributed by atoms with Crippen molar-refractivity contribution in [2.75, 3.05) is 31.1 Å². The summed E-state index contributed by atoms with van der Waals surface area (Å²) in [7, 11) is 0. The predicted octanol–water partition coefficient (Wildman–Crippen LogP) is 6.42. The van der Waals surface area contributed by atoms with E-state index in [2.05, 4.69) is 72.3 Å². The minimum atomic E-state index is 0.154. The average Bonchev–Trinajstić information content (AvgIpc) is 2.83. The first kappa shape index (κ1) is 23.8. The van der Waals surface area contributed by atoms with Crippen molar-refractivity contribution in [1.82, 2.24) is 9.88 Å². The quantitative estimate of drug-likeness (QED) is 0.403. The van der Waals surface area contributed by atoms with E-state index in [0.717, 1.165) is 54.0 Å². The lowest BCUT2D eigenvalue weighted by Crippen LogP contribution is -2.48. The van der Waals surface area contributed by atoms with Gasteiger partial charge in [-0.25, -0.2) is 0 Å². The maximum Gasteiger partial charge on any atom is 0.219 e. The first-order chi connectivity index (χ1) is 16.4. The van der Waals surface area contributed by atoms with Gasteiger partial charge in [0.2, 0.25) is 5.91 Å². The van der Waals surface area contributed by atoms with E-state index in [4.69, 9.17) is 11.6 Å². The monoisotopic (exact) mass is 471 g/mol. The molecule has 0 saturated carbocycles. The summed E-state index contributed by atoms with van der Waals surface area (Å²) in [6.07, 6.45) is 7.89. The molecule has 1 aliphatic heterocycles. The first-order valence-electron chi connectivity index (χ1n) is 11.6. The number of aromatic nitrogens is 1. The van der Waals surface area contributed by atoms with Crippen LogP contribution in [0.15, 0.2) is 72.6 Å².